The Bertz CT molecular complexity index is 523. The van der Waals surface area contributed by atoms with Gasteiger partial charge in [0.25, 0.3) is 0 Å². The Morgan fingerprint density at radius 2 is 2.05 bits per heavy atom. The molecule has 0 spiro atoms. The molecular formula is C15H17Cl2NS. The van der Waals surface area contributed by atoms with Crippen LogP contribution in [-0.4, -0.2) is 6.04 Å². The Morgan fingerprint density at radius 3 is 2.58 bits per heavy atom. The first-order chi connectivity index (χ1) is 9.11. The molecule has 0 radical (unpaired) electrons. The van der Waals surface area contributed by atoms with Crippen LogP contribution >= 0.6 is 34.5 Å². The maximum atomic E-state index is 6.25. The average Bonchev–Trinajstić information content (AvgIpc) is 2.88. The molecule has 1 heterocycles. The summed E-state index contributed by atoms with van der Waals surface area (Å²) in [6.07, 6.45) is 0. The number of anilines is 1. The van der Waals surface area contributed by atoms with Crippen molar-refractivity contribution in [3.05, 3.63) is 51.2 Å². The molecule has 1 aromatic heterocycles. The van der Waals surface area contributed by atoms with Gasteiger partial charge in [-0.1, -0.05) is 23.7 Å². The van der Waals surface area contributed by atoms with Gasteiger partial charge < -0.3 is 4.90 Å². The lowest BCUT2D eigenvalue weighted by molar-refractivity contribution is 0.687. The largest absolute Gasteiger partial charge is 0.364 e. The quantitative estimate of drug-likeness (QED) is 0.654. The fourth-order valence-electron chi connectivity index (χ4n) is 1.97. The van der Waals surface area contributed by atoms with E-state index in [-0.39, 0.29) is 0 Å². The van der Waals surface area contributed by atoms with Crippen LogP contribution in [0.15, 0.2) is 35.7 Å². The monoisotopic (exact) mass is 313 g/mol. The van der Waals surface area contributed by atoms with Crippen LogP contribution in [0.4, 0.5) is 5.69 Å². The van der Waals surface area contributed by atoms with Gasteiger partial charge in [-0.2, -0.15) is 0 Å². The van der Waals surface area contributed by atoms with Gasteiger partial charge in [0.1, 0.15) is 0 Å². The highest BCUT2D eigenvalue weighted by molar-refractivity contribution is 7.09. The second-order valence-electron chi connectivity index (χ2n) is 4.71. The first-order valence-electron chi connectivity index (χ1n) is 6.25. The summed E-state index contributed by atoms with van der Waals surface area (Å²) in [6.45, 7) is 5.29. The second-order valence-corrected chi connectivity index (χ2v) is 6.42. The molecule has 102 valence electrons. The van der Waals surface area contributed by atoms with Crippen molar-refractivity contribution in [2.24, 2.45) is 0 Å². The number of alkyl halides is 1. The Hall–Kier alpha value is -0.700. The molecule has 19 heavy (non-hydrogen) atoms. The highest BCUT2D eigenvalue weighted by atomic mass is 35.5. The Balaban J connectivity index is 2.26. The van der Waals surface area contributed by atoms with Gasteiger partial charge in [0, 0.05) is 27.5 Å². The molecular weight excluding hydrogens is 297 g/mol. The van der Waals surface area contributed by atoms with E-state index in [1.54, 1.807) is 11.3 Å². The summed E-state index contributed by atoms with van der Waals surface area (Å²) in [4.78, 5) is 3.70. The van der Waals surface area contributed by atoms with Crippen LogP contribution in [0.25, 0.3) is 0 Å². The van der Waals surface area contributed by atoms with E-state index in [4.69, 9.17) is 23.2 Å². The van der Waals surface area contributed by atoms with Crippen molar-refractivity contribution in [2.75, 3.05) is 4.90 Å². The average molecular weight is 314 g/mol. The molecule has 0 unspecified atom stereocenters. The topological polar surface area (TPSA) is 3.24 Å². The zero-order valence-corrected chi connectivity index (χ0v) is 13.4. The number of thiophene rings is 1. The predicted molar refractivity (Wildman–Crippen MR) is 86.6 cm³/mol. The van der Waals surface area contributed by atoms with Gasteiger partial charge in [-0.05, 0) is 43.0 Å². The van der Waals surface area contributed by atoms with E-state index in [1.165, 1.54) is 4.88 Å². The van der Waals surface area contributed by atoms with Gasteiger partial charge in [-0.25, -0.2) is 0 Å². The van der Waals surface area contributed by atoms with E-state index < -0.39 is 0 Å². The minimum atomic E-state index is 0.417. The highest BCUT2D eigenvalue weighted by Crippen LogP contribution is 2.28. The number of nitrogens with zero attached hydrogens (tertiary/aromatic N) is 1. The number of benzene rings is 1. The molecule has 0 saturated heterocycles. The van der Waals surface area contributed by atoms with Gasteiger partial charge in [0.05, 0.1) is 6.54 Å². The maximum Gasteiger partial charge on any atom is 0.0525 e. The number of hydrogen-bond acceptors (Lipinski definition) is 2. The van der Waals surface area contributed by atoms with E-state index >= 15 is 0 Å². The zero-order chi connectivity index (χ0) is 13.8. The molecule has 0 saturated carbocycles. The normalized spacial score (nSPS) is 11.0. The van der Waals surface area contributed by atoms with Gasteiger partial charge in [-0.3, -0.25) is 0 Å². The van der Waals surface area contributed by atoms with Crippen LogP contribution in [0.2, 0.25) is 5.02 Å². The predicted octanol–water partition coefficient (Wildman–Crippen LogP) is 5.56. The second kappa shape index (κ2) is 6.65. The van der Waals surface area contributed by atoms with E-state index in [0.717, 1.165) is 22.8 Å². The van der Waals surface area contributed by atoms with Crippen LogP contribution in [-0.2, 0) is 12.4 Å². The van der Waals surface area contributed by atoms with Gasteiger partial charge >= 0.3 is 0 Å². The van der Waals surface area contributed by atoms with Crippen LogP contribution in [0.1, 0.15) is 24.3 Å². The maximum absolute atomic E-state index is 6.25. The Morgan fingerprint density at radius 1 is 1.26 bits per heavy atom. The van der Waals surface area contributed by atoms with Crippen molar-refractivity contribution < 1.29 is 0 Å². The van der Waals surface area contributed by atoms with Crippen molar-refractivity contribution in [2.45, 2.75) is 32.3 Å². The highest BCUT2D eigenvalue weighted by Gasteiger charge is 2.13. The first-order valence-corrected chi connectivity index (χ1v) is 8.04. The van der Waals surface area contributed by atoms with E-state index in [1.807, 2.05) is 12.1 Å². The summed E-state index contributed by atoms with van der Waals surface area (Å²) < 4.78 is 0. The van der Waals surface area contributed by atoms with Crippen molar-refractivity contribution >= 4 is 40.2 Å². The fourth-order valence-corrected chi connectivity index (χ4v) is 3.21. The summed E-state index contributed by atoms with van der Waals surface area (Å²) in [6, 6.07) is 10.8. The van der Waals surface area contributed by atoms with Crippen LogP contribution in [0, 0.1) is 0 Å². The SMILES string of the molecule is CC(C)N(Cc1cccs1)c1ccc(CCl)c(Cl)c1. The van der Waals surface area contributed by atoms with Crippen LogP contribution in [0.5, 0.6) is 0 Å². The van der Waals surface area contributed by atoms with Gasteiger partial charge in [0.2, 0.25) is 0 Å². The molecule has 0 aliphatic rings. The van der Waals surface area contributed by atoms with Crippen LogP contribution in [0.3, 0.4) is 0 Å². The molecule has 4 heteroatoms. The number of hydrogen-bond donors (Lipinski definition) is 0. The van der Waals surface area contributed by atoms with Gasteiger partial charge in [-0.15, -0.1) is 22.9 Å². The third-order valence-electron chi connectivity index (χ3n) is 3.04. The molecule has 0 aliphatic heterocycles. The van der Waals surface area contributed by atoms with Crippen molar-refractivity contribution in [1.82, 2.24) is 0 Å². The molecule has 2 aromatic rings. The van der Waals surface area contributed by atoms with E-state index in [9.17, 15) is 0 Å². The Labute approximate surface area is 128 Å². The standard InChI is InChI=1S/C15H17Cl2NS/c1-11(2)18(10-14-4-3-7-19-14)13-6-5-12(9-16)15(17)8-13/h3-8,11H,9-10H2,1-2H3. The molecule has 0 aliphatic carbocycles. The molecule has 0 amide bonds. The molecule has 0 bridgehead atoms. The van der Waals surface area contributed by atoms with E-state index in [2.05, 4.69) is 42.3 Å². The minimum Gasteiger partial charge on any atom is -0.364 e. The summed E-state index contributed by atoms with van der Waals surface area (Å²) in [5.41, 5.74) is 2.12. The lowest BCUT2D eigenvalue weighted by atomic mass is 10.2. The third kappa shape index (κ3) is 3.65. The minimum absolute atomic E-state index is 0.417. The summed E-state index contributed by atoms with van der Waals surface area (Å²) in [7, 11) is 0. The van der Waals surface area contributed by atoms with Crippen molar-refractivity contribution in [3.63, 3.8) is 0 Å². The summed E-state index contributed by atoms with van der Waals surface area (Å²) >= 11 is 13.9. The summed E-state index contributed by atoms with van der Waals surface area (Å²) in [5, 5.41) is 2.85. The molecule has 0 fully saturated rings. The number of rotatable bonds is 5. The smallest absolute Gasteiger partial charge is 0.0525 e. The first kappa shape index (κ1) is 14.7. The van der Waals surface area contributed by atoms with Crippen LogP contribution < -0.4 is 4.90 Å². The summed E-state index contributed by atoms with van der Waals surface area (Å²) in [5.74, 6) is 0.450. The molecule has 1 nitrogen and oxygen atoms in total. The van der Waals surface area contributed by atoms with Gasteiger partial charge in [0.15, 0.2) is 0 Å². The molecule has 2 rings (SSSR count). The fraction of sp³-hybridized carbons (Fsp3) is 0.333. The van der Waals surface area contributed by atoms with E-state index in [0.29, 0.717) is 11.9 Å². The lowest BCUT2D eigenvalue weighted by Crippen LogP contribution is -2.29. The molecule has 0 N–H and O–H groups in total. The Kier molecular flexibility index (Phi) is 5.14. The molecule has 1 aromatic carbocycles. The molecule has 0 atom stereocenters. The third-order valence-corrected chi connectivity index (χ3v) is 4.54. The van der Waals surface area contributed by atoms with Crippen molar-refractivity contribution in [1.29, 1.82) is 0 Å². The number of halogens is 2. The lowest BCUT2D eigenvalue weighted by Gasteiger charge is -2.29. The van der Waals surface area contributed by atoms with Crippen molar-refractivity contribution in [3.8, 4) is 0 Å². The zero-order valence-electron chi connectivity index (χ0n) is 11.1.